The molecule has 174 valence electrons. The maximum atomic E-state index is 13.0. The second kappa shape index (κ2) is 8.37. The van der Waals surface area contributed by atoms with Gasteiger partial charge in [-0.25, -0.2) is 4.98 Å². The molecule has 1 saturated heterocycles. The van der Waals surface area contributed by atoms with Crippen LogP contribution in [0, 0.1) is 11.8 Å². The minimum atomic E-state index is -4.48. The highest BCUT2D eigenvalue weighted by atomic mass is 19.4. The fourth-order valence-corrected chi connectivity index (χ4v) is 4.59. The van der Waals surface area contributed by atoms with Gasteiger partial charge in [-0.05, 0) is 43.2 Å². The van der Waals surface area contributed by atoms with Crippen molar-refractivity contribution in [3.05, 3.63) is 47.7 Å². The number of methoxy groups -OCH3 is 1. The van der Waals surface area contributed by atoms with Gasteiger partial charge in [-0.2, -0.15) is 26.3 Å². The molecule has 1 saturated carbocycles. The number of anilines is 1. The Morgan fingerprint density at radius 3 is 2.03 bits per heavy atom. The third-order valence-electron chi connectivity index (χ3n) is 6.14. The maximum absolute atomic E-state index is 13.0. The number of pyridine rings is 1. The smallest absolute Gasteiger partial charge is 0.417 e. The number of alkyl halides is 6. The van der Waals surface area contributed by atoms with Crippen LogP contribution in [0.1, 0.15) is 30.4 Å². The van der Waals surface area contributed by atoms with Crippen molar-refractivity contribution in [2.75, 3.05) is 25.1 Å². The molecule has 4 nitrogen and oxygen atoms in total. The van der Waals surface area contributed by atoms with Gasteiger partial charge in [0, 0.05) is 31.1 Å². The SMILES string of the molecule is COc1cc(C(F)(F)F)ccc1OC1[C@@H]2CCC[C@H]1CN(c1ccc(C(F)(F)F)cn1)C2. The van der Waals surface area contributed by atoms with Crippen molar-refractivity contribution < 1.29 is 35.8 Å². The van der Waals surface area contributed by atoms with Crippen LogP contribution in [0.4, 0.5) is 32.2 Å². The molecule has 4 rings (SSSR count). The molecule has 2 fully saturated rings. The molecule has 2 aromatic rings. The van der Waals surface area contributed by atoms with Crippen LogP contribution in [-0.2, 0) is 12.4 Å². The average Bonchev–Trinajstić information content (AvgIpc) is 2.72. The molecule has 1 unspecified atom stereocenters. The number of hydrogen-bond acceptors (Lipinski definition) is 4. The van der Waals surface area contributed by atoms with Gasteiger partial charge in [-0.15, -0.1) is 0 Å². The van der Waals surface area contributed by atoms with Gasteiger partial charge in [0.2, 0.25) is 0 Å². The van der Waals surface area contributed by atoms with Crippen LogP contribution in [0.3, 0.4) is 0 Å². The Kier molecular flexibility index (Phi) is 5.89. The fraction of sp³-hybridized carbons (Fsp3) is 0.500. The van der Waals surface area contributed by atoms with E-state index in [0.29, 0.717) is 18.9 Å². The molecule has 3 atom stereocenters. The number of ether oxygens (including phenoxy) is 2. The summed E-state index contributed by atoms with van der Waals surface area (Å²) in [4.78, 5) is 5.96. The van der Waals surface area contributed by atoms with E-state index in [2.05, 4.69) is 4.98 Å². The zero-order chi connectivity index (χ0) is 23.1. The van der Waals surface area contributed by atoms with Gasteiger partial charge in [0.25, 0.3) is 0 Å². The van der Waals surface area contributed by atoms with E-state index in [1.165, 1.54) is 19.2 Å². The zero-order valence-corrected chi connectivity index (χ0v) is 17.2. The molecule has 2 aliphatic rings. The second-order valence-electron chi connectivity index (χ2n) is 8.20. The molecule has 1 aliphatic carbocycles. The highest BCUT2D eigenvalue weighted by Gasteiger charge is 2.42. The van der Waals surface area contributed by atoms with E-state index in [9.17, 15) is 26.3 Å². The van der Waals surface area contributed by atoms with Gasteiger partial charge in [-0.1, -0.05) is 6.42 Å². The lowest BCUT2D eigenvalue weighted by atomic mass is 9.75. The molecule has 1 aromatic heterocycles. The highest BCUT2D eigenvalue weighted by Crippen LogP contribution is 2.42. The standard InChI is InChI=1S/C22H22F6N2O2/c1-31-18-9-15(21(23,24)25)5-7-17(18)32-20-13-3-2-4-14(20)12-30(11-13)19-8-6-16(10-29-19)22(26,27)28/h5-10,13-14,20H,2-4,11-12H2,1H3/t13-,14+,20?. The number of halogens is 6. The topological polar surface area (TPSA) is 34.6 Å². The first-order valence-corrected chi connectivity index (χ1v) is 10.3. The van der Waals surface area contributed by atoms with E-state index in [0.717, 1.165) is 43.7 Å². The first kappa shape index (κ1) is 22.5. The molecule has 0 spiro atoms. The lowest BCUT2D eigenvalue weighted by molar-refractivity contribution is -0.138. The third-order valence-corrected chi connectivity index (χ3v) is 6.14. The summed E-state index contributed by atoms with van der Waals surface area (Å²) in [6, 6.07) is 5.56. The lowest BCUT2D eigenvalue weighted by Gasteiger charge is -2.47. The summed E-state index contributed by atoms with van der Waals surface area (Å²) in [5.41, 5.74) is -1.61. The molecule has 1 aliphatic heterocycles. The van der Waals surface area contributed by atoms with Gasteiger partial charge >= 0.3 is 12.4 Å². The predicted molar refractivity (Wildman–Crippen MR) is 105 cm³/mol. The largest absolute Gasteiger partial charge is 0.493 e. The number of fused-ring (bicyclic) bond motifs is 2. The Morgan fingerprint density at radius 1 is 0.875 bits per heavy atom. The summed E-state index contributed by atoms with van der Waals surface area (Å²) >= 11 is 0. The number of nitrogens with zero attached hydrogens (tertiary/aromatic N) is 2. The predicted octanol–water partition coefficient (Wildman–Crippen LogP) is 5.81. The third kappa shape index (κ3) is 4.59. The Labute approximate surface area is 181 Å². The molecule has 0 radical (unpaired) electrons. The van der Waals surface area contributed by atoms with E-state index in [-0.39, 0.29) is 29.4 Å². The van der Waals surface area contributed by atoms with Crippen molar-refractivity contribution in [1.82, 2.24) is 4.98 Å². The molecule has 0 N–H and O–H groups in total. The summed E-state index contributed by atoms with van der Waals surface area (Å²) < 4.78 is 88.8. The van der Waals surface area contributed by atoms with Crippen molar-refractivity contribution in [2.45, 2.75) is 37.7 Å². The minimum Gasteiger partial charge on any atom is -0.493 e. The summed E-state index contributed by atoms with van der Waals surface area (Å²) in [6.45, 7) is 1.09. The van der Waals surface area contributed by atoms with Crippen LogP contribution in [0.5, 0.6) is 11.5 Å². The molecule has 10 heteroatoms. The number of benzene rings is 1. The molecule has 2 heterocycles. The van der Waals surface area contributed by atoms with Crippen molar-refractivity contribution in [3.63, 3.8) is 0 Å². The van der Waals surface area contributed by atoms with E-state index in [1.807, 2.05) is 4.90 Å². The van der Waals surface area contributed by atoms with Crippen LogP contribution >= 0.6 is 0 Å². The van der Waals surface area contributed by atoms with Gasteiger partial charge in [0.05, 0.1) is 18.2 Å². The average molecular weight is 460 g/mol. The Balaban J connectivity index is 1.51. The summed E-state index contributed by atoms with van der Waals surface area (Å²) in [6.07, 6.45) is -5.62. The zero-order valence-electron chi connectivity index (χ0n) is 17.2. The van der Waals surface area contributed by atoms with E-state index >= 15 is 0 Å². The van der Waals surface area contributed by atoms with E-state index < -0.39 is 23.5 Å². The highest BCUT2D eigenvalue weighted by molar-refractivity contribution is 5.45. The summed E-state index contributed by atoms with van der Waals surface area (Å²) in [5, 5.41) is 0. The van der Waals surface area contributed by atoms with Gasteiger partial charge in [-0.3, -0.25) is 0 Å². The summed E-state index contributed by atoms with van der Waals surface area (Å²) in [5.74, 6) is 0.880. The normalized spacial score (nSPS) is 23.7. The monoisotopic (exact) mass is 460 g/mol. The van der Waals surface area contributed by atoms with E-state index in [1.54, 1.807) is 0 Å². The second-order valence-corrected chi connectivity index (χ2v) is 8.20. The molecule has 32 heavy (non-hydrogen) atoms. The van der Waals surface area contributed by atoms with Crippen LogP contribution < -0.4 is 14.4 Å². The van der Waals surface area contributed by atoms with Crippen molar-refractivity contribution >= 4 is 5.82 Å². The van der Waals surface area contributed by atoms with Gasteiger partial charge in [0.1, 0.15) is 11.9 Å². The maximum Gasteiger partial charge on any atom is 0.417 e. The lowest BCUT2D eigenvalue weighted by Crippen LogP contribution is -2.54. The van der Waals surface area contributed by atoms with Gasteiger partial charge in [0.15, 0.2) is 11.5 Å². The van der Waals surface area contributed by atoms with Crippen LogP contribution in [0.15, 0.2) is 36.5 Å². The Bertz CT molecular complexity index is 931. The fourth-order valence-electron chi connectivity index (χ4n) is 4.59. The quantitative estimate of drug-likeness (QED) is 0.540. The molecule has 2 bridgehead atoms. The van der Waals surface area contributed by atoms with Crippen molar-refractivity contribution in [2.24, 2.45) is 11.8 Å². The molecular weight excluding hydrogens is 438 g/mol. The van der Waals surface area contributed by atoms with Crippen molar-refractivity contribution in [3.8, 4) is 11.5 Å². The number of aromatic nitrogens is 1. The van der Waals surface area contributed by atoms with Crippen LogP contribution in [0.2, 0.25) is 0 Å². The van der Waals surface area contributed by atoms with Crippen LogP contribution in [0.25, 0.3) is 0 Å². The molecule has 0 amide bonds. The van der Waals surface area contributed by atoms with E-state index in [4.69, 9.17) is 9.47 Å². The molecular formula is C22H22F6N2O2. The Hall–Kier alpha value is -2.65. The molecule has 1 aromatic carbocycles. The minimum absolute atomic E-state index is 0.0183. The van der Waals surface area contributed by atoms with Gasteiger partial charge < -0.3 is 14.4 Å². The number of piperidine rings is 1. The van der Waals surface area contributed by atoms with Crippen LogP contribution in [-0.4, -0.2) is 31.3 Å². The van der Waals surface area contributed by atoms with Crippen molar-refractivity contribution in [1.29, 1.82) is 0 Å². The summed E-state index contributed by atoms with van der Waals surface area (Å²) in [7, 11) is 1.29. The number of rotatable bonds is 4. The number of hydrogen-bond donors (Lipinski definition) is 0. The first-order chi connectivity index (χ1) is 15.1. The first-order valence-electron chi connectivity index (χ1n) is 10.3. The Morgan fingerprint density at radius 2 is 1.50 bits per heavy atom.